The lowest BCUT2D eigenvalue weighted by Gasteiger charge is -2.32. The van der Waals surface area contributed by atoms with Gasteiger partial charge in [-0.1, -0.05) is 6.07 Å². The van der Waals surface area contributed by atoms with Crippen LogP contribution >= 0.6 is 0 Å². The summed E-state index contributed by atoms with van der Waals surface area (Å²) in [5.41, 5.74) is 5.43. The zero-order chi connectivity index (χ0) is 17.2. The van der Waals surface area contributed by atoms with Gasteiger partial charge in [0.1, 0.15) is 11.5 Å². The van der Waals surface area contributed by atoms with Crippen LogP contribution in [0, 0.1) is 17.0 Å². The van der Waals surface area contributed by atoms with Crippen molar-refractivity contribution in [1.29, 1.82) is 0 Å². The van der Waals surface area contributed by atoms with Crippen LogP contribution in [-0.4, -0.2) is 17.5 Å². The maximum absolute atomic E-state index is 12.3. The fourth-order valence-corrected chi connectivity index (χ4v) is 1.73. The predicted octanol–water partition coefficient (Wildman–Crippen LogP) is 2.95. The standard InChI is InChI=1S/C13H11F3N3O4/c1-7-2-3-8(6-10(7)23-13(14,15)16)22-11-5-4-9(19(20)21)12(17)18-11/h2-6,12H,17H2,1H3/q-1. The number of nitrogens with two attached hydrogens (primary N) is 1. The van der Waals surface area contributed by atoms with Crippen LogP contribution in [0.2, 0.25) is 0 Å². The van der Waals surface area contributed by atoms with Gasteiger partial charge in [-0.2, -0.15) is 0 Å². The minimum absolute atomic E-state index is 0.0232. The van der Waals surface area contributed by atoms with Gasteiger partial charge in [0, 0.05) is 24.2 Å². The van der Waals surface area contributed by atoms with Crippen molar-refractivity contribution in [3.05, 3.63) is 62.9 Å². The molecule has 0 saturated heterocycles. The van der Waals surface area contributed by atoms with E-state index >= 15 is 0 Å². The summed E-state index contributed by atoms with van der Waals surface area (Å²) in [4.78, 5) is 9.97. The summed E-state index contributed by atoms with van der Waals surface area (Å²) in [6.45, 7) is 1.44. The highest BCUT2D eigenvalue weighted by Gasteiger charge is 2.31. The third kappa shape index (κ3) is 4.36. The van der Waals surface area contributed by atoms with E-state index in [-0.39, 0.29) is 22.9 Å². The number of halogens is 3. The predicted molar refractivity (Wildman–Crippen MR) is 73.0 cm³/mol. The van der Waals surface area contributed by atoms with E-state index in [0.717, 1.165) is 12.1 Å². The summed E-state index contributed by atoms with van der Waals surface area (Å²) in [7, 11) is 0. The van der Waals surface area contributed by atoms with Crippen LogP contribution in [-0.2, 0) is 0 Å². The molecule has 1 unspecified atom stereocenters. The van der Waals surface area contributed by atoms with Crippen molar-refractivity contribution < 1.29 is 27.6 Å². The van der Waals surface area contributed by atoms with Crippen molar-refractivity contribution in [2.75, 3.05) is 0 Å². The van der Waals surface area contributed by atoms with Crippen molar-refractivity contribution in [2.45, 2.75) is 19.5 Å². The van der Waals surface area contributed by atoms with E-state index in [1.165, 1.54) is 25.1 Å². The lowest BCUT2D eigenvalue weighted by atomic mass is 10.2. The molecule has 1 aliphatic heterocycles. The van der Waals surface area contributed by atoms with Crippen molar-refractivity contribution in [3.8, 4) is 11.5 Å². The summed E-state index contributed by atoms with van der Waals surface area (Å²) >= 11 is 0. The van der Waals surface area contributed by atoms with E-state index in [9.17, 15) is 23.3 Å². The summed E-state index contributed by atoms with van der Waals surface area (Å²) in [6, 6.07) is 3.82. The van der Waals surface area contributed by atoms with Gasteiger partial charge < -0.3 is 20.5 Å². The minimum atomic E-state index is -4.83. The number of aryl methyl sites for hydroxylation is 1. The van der Waals surface area contributed by atoms with E-state index in [2.05, 4.69) is 10.1 Å². The molecule has 0 bridgehead atoms. The molecule has 23 heavy (non-hydrogen) atoms. The Bertz CT molecular complexity index is 686. The summed E-state index contributed by atoms with van der Waals surface area (Å²) in [6.07, 6.45) is -3.73. The van der Waals surface area contributed by atoms with E-state index in [1.807, 2.05) is 0 Å². The Balaban J connectivity index is 2.18. The van der Waals surface area contributed by atoms with Gasteiger partial charge in [0.15, 0.2) is 0 Å². The number of nitro groups is 1. The largest absolute Gasteiger partial charge is 0.630 e. The Morgan fingerprint density at radius 2 is 2.04 bits per heavy atom. The van der Waals surface area contributed by atoms with Crippen LogP contribution in [0.5, 0.6) is 11.5 Å². The van der Waals surface area contributed by atoms with Gasteiger partial charge in [0.25, 0.3) is 0 Å². The normalized spacial score (nSPS) is 17.7. The van der Waals surface area contributed by atoms with E-state index in [4.69, 9.17) is 10.5 Å². The molecule has 0 amide bonds. The van der Waals surface area contributed by atoms with Gasteiger partial charge in [0.05, 0.1) is 4.92 Å². The molecule has 0 saturated carbocycles. The highest BCUT2D eigenvalue weighted by molar-refractivity contribution is 5.42. The van der Waals surface area contributed by atoms with Crippen molar-refractivity contribution in [1.82, 2.24) is 0 Å². The van der Waals surface area contributed by atoms with Crippen molar-refractivity contribution in [3.63, 3.8) is 0 Å². The van der Waals surface area contributed by atoms with E-state index in [1.54, 1.807) is 0 Å². The number of ether oxygens (including phenoxy) is 2. The van der Waals surface area contributed by atoms with Crippen LogP contribution in [0.15, 0.2) is 41.9 Å². The summed E-state index contributed by atoms with van der Waals surface area (Å²) < 4.78 is 46.0. The van der Waals surface area contributed by atoms with Gasteiger partial charge in [-0.15, -0.1) is 13.2 Å². The number of rotatable bonds is 4. The number of allylic oxidation sites excluding steroid dienone is 2. The Labute approximate surface area is 128 Å². The third-order valence-corrected chi connectivity index (χ3v) is 2.78. The Hall–Kier alpha value is -2.75. The molecule has 1 aromatic rings. The highest BCUT2D eigenvalue weighted by atomic mass is 19.4. The van der Waals surface area contributed by atoms with Crippen LogP contribution in [0.4, 0.5) is 13.2 Å². The molecule has 0 fully saturated rings. The number of hydrogen-bond acceptors (Lipinski definition) is 5. The lowest BCUT2D eigenvalue weighted by molar-refractivity contribution is -0.428. The molecule has 7 nitrogen and oxygen atoms in total. The Morgan fingerprint density at radius 1 is 1.35 bits per heavy atom. The fourth-order valence-electron chi connectivity index (χ4n) is 1.73. The zero-order valence-corrected chi connectivity index (χ0v) is 11.7. The second-order valence-corrected chi connectivity index (χ2v) is 4.50. The second kappa shape index (κ2) is 6.16. The maximum atomic E-state index is 12.3. The molecule has 1 heterocycles. The number of alkyl halides is 3. The first-order chi connectivity index (χ1) is 10.7. The van der Waals surface area contributed by atoms with Crippen LogP contribution < -0.4 is 15.2 Å². The molecule has 10 heteroatoms. The first-order valence-corrected chi connectivity index (χ1v) is 6.22. The fraction of sp³-hybridized carbons (Fsp3) is 0.231. The molecule has 0 aromatic heterocycles. The molecule has 2 N–H and O–H groups in total. The van der Waals surface area contributed by atoms with Gasteiger partial charge in [-0.25, -0.2) is 0 Å². The van der Waals surface area contributed by atoms with Gasteiger partial charge >= 0.3 is 6.36 Å². The zero-order valence-electron chi connectivity index (χ0n) is 11.7. The first kappa shape index (κ1) is 16.6. The van der Waals surface area contributed by atoms with E-state index < -0.39 is 23.2 Å². The molecule has 1 atom stereocenters. The Morgan fingerprint density at radius 3 is 2.61 bits per heavy atom. The summed E-state index contributed by atoms with van der Waals surface area (Å²) in [5, 5.41) is 14.4. The monoisotopic (exact) mass is 330 g/mol. The smallest absolute Gasteiger partial charge is 0.573 e. The molecular formula is C13H11F3N3O4-. The molecular weight excluding hydrogens is 319 g/mol. The molecule has 0 spiro atoms. The molecule has 1 aromatic carbocycles. The quantitative estimate of drug-likeness (QED) is 0.675. The molecule has 2 rings (SSSR count). The van der Waals surface area contributed by atoms with Gasteiger partial charge in [-0.05, 0) is 24.6 Å². The average Bonchev–Trinajstić information content (AvgIpc) is 2.40. The number of benzene rings is 1. The lowest BCUT2D eigenvalue weighted by Crippen LogP contribution is -2.28. The van der Waals surface area contributed by atoms with Crippen LogP contribution in [0.25, 0.3) is 5.32 Å². The van der Waals surface area contributed by atoms with E-state index in [0.29, 0.717) is 0 Å². The van der Waals surface area contributed by atoms with Crippen molar-refractivity contribution >= 4 is 0 Å². The van der Waals surface area contributed by atoms with Crippen LogP contribution in [0.1, 0.15) is 5.56 Å². The average molecular weight is 330 g/mol. The second-order valence-electron chi connectivity index (χ2n) is 4.50. The van der Waals surface area contributed by atoms with Gasteiger partial charge in [0.2, 0.25) is 5.70 Å². The third-order valence-electron chi connectivity index (χ3n) is 2.78. The highest BCUT2D eigenvalue weighted by Crippen LogP contribution is 2.31. The molecule has 124 valence electrons. The summed E-state index contributed by atoms with van der Waals surface area (Å²) in [5.74, 6) is -0.461. The number of nitrogens with zero attached hydrogens (tertiary/aromatic N) is 2. The number of hydrogen-bond donors (Lipinski definition) is 1. The topological polar surface area (TPSA) is 102 Å². The maximum Gasteiger partial charge on any atom is 0.573 e. The SMILES string of the molecule is Cc1ccc(OC2=CC=C([N+](=O)[O-])C(N)[N-]2)cc1OC(F)(F)F. The molecule has 1 aliphatic rings. The molecule has 0 radical (unpaired) electrons. The first-order valence-electron chi connectivity index (χ1n) is 6.22. The molecule has 0 aliphatic carbocycles. The van der Waals surface area contributed by atoms with Crippen molar-refractivity contribution in [2.24, 2.45) is 5.73 Å². The minimum Gasteiger partial charge on any atom is -0.630 e. The van der Waals surface area contributed by atoms with Gasteiger partial charge in [-0.3, -0.25) is 10.1 Å². The Kier molecular flexibility index (Phi) is 4.45. The van der Waals surface area contributed by atoms with Crippen LogP contribution in [0.3, 0.4) is 0 Å².